The molecule has 1 aromatic carbocycles. The molecule has 1 fully saturated rings. The second-order valence-corrected chi connectivity index (χ2v) is 6.28. The lowest BCUT2D eigenvalue weighted by molar-refractivity contribution is 0.00297. The summed E-state index contributed by atoms with van der Waals surface area (Å²) in [6, 6.07) is 11.5. The number of carbonyl (C=O) groups is 1. The van der Waals surface area contributed by atoms with E-state index in [0.29, 0.717) is 17.9 Å². The van der Waals surface area contributed by atoms with E-state index in [1.165, 1.54) is 4.88 Å². The Balaban J connectivity index is 1.63. The molecule has 1 aromatic heterocycles. The molecular weight excluding hydrogens is 298 g/mol. The Bertz CT molecular complexity index is 627. The lowest BCUT2D eigenvalue weighted by Gasteiger charge is -2.29. The van der Waals surface area contributed by atoms with Crippen LogP contribution in [0.3, 0.4) is 0 Å². The number of hydrogen-bond acceptors (Lipinski definition) is 4. The van der Waals surface area contributed by atoms with Gasteiger partial charge in [-0.1, -0.05) is 12.1 Å². The minimum Gasteiger partial charge on any atom is -0.497 e. The zero-order valence-corrected chi connectivity index (χ0v) is 13.3. The molecule has 0 unspecified atom stereocenters. The molecular formula is C17H19NO3S. The number of benzene rings is 1. The predicted octanol–water partition coefficient (Wildman–Crippen LogP) is 3.41. The summed E-state index contributed by atoms with van der Waals surface area (Å²) in [5.41, 5.74) is 0.624. The van der Waals surface area contributed by atoms with Crippen molar-refractivity contribution in [3.63, 3.8) is 0 Å². The van der Waals surface area contributed by atoms with Crippen molar-refractivity contribution in [1.29, 1.82) is 0 Å². The van der Waals surface area contributed by atoms with Crippen LogP contribution in [0.2, 0.25) is 0 Å². The molecule has 3 rings (SSSR count). The highest BCUT2D eigenvalue weighted by Gasteiger charge is 2.26. The van der Waals surface area contributed by atoms with Crippen LogP contribution >= 0.6 is 11.3 Å². The summed E-state index contributed by atoms with van der Waals surface area (Å²) in [5.74, 6) is 0.631. The van der Waals surface area contributed by atoms with Gasteiger partial charge in [-0.2, -0.15) is 0 Å². The Kier molecular flexibility index (Phi) is 4.75. The molecule has 116 valence electrons. The molecule has 5 heteroatoms. The summed E-state index contributed by atoms with van der Waals surface area (Å²) in [6.45, 7) is 0.672. The maximum absolute atomic E-state index is 12.4. The van der Waals surface area contributed by atoms with Gasteiger partial charge in [-0.25, -0.2) is 0 Å². The van der Waals surface area contributed by atoms with Gasteiger partial charge in [0.2, 0.25) is 0 Å². The fourth-order valence-electron chi connectivity index (χ4n) is 2.63. The van der Waals surface area contributed by atoms with Gasteiger partial charge < -0.3 is 14.8 Å². The molecule has 2 heterocycles. The first-order valence-electron chi connectivity index (χ1n) is 7.36. The summed E-state index contributed by atoms with van der Waals surface area (Å²) in [6.07, 6.45) is 1.75. The van der Waals surface area contributed by atoms with Crippen molar-refractivity contribution in [3.05, 3.63) is 52.2 Å². The maximum Gasteiger partial charge on any atom is 0.251 e. The molecule has 0 aliphatic carbocycles. The second-order valence-electron chi connectivity index (χ2n) is 5.30. The molecule has 4 nitrogen and oxygen atoms in total. The molecule has 0 saturated carbocycles. The molecule has 22 heavy (non-hydrogen) atoms. The van der Waals surface area contributed by atoms with Gasteiger partial charge in [0.15, 0.2) is 0 Å². The van der Waals surface area contributed by atoms with E-state index in [9.17, 15) is 4.79 Å². The quantitative estimate of drug-likeness (QED) is 0.940. The fourth-order valence-corrected chi connectivity index (χ4v) is 3.42. The normalized spacial score (nSPS) is 21.3. The first kappa shape index (κ1) is 15.1. The Hall–Kier alpha value is -1.85. The number of hydrogen-bond donors (Lipinski definition) is 1. The smallest absolute Gasteiger partial charge is 0.251 e. The van der Waals surface area contributed by atoms with Crippen LogP contribution in [0.4, 0.5) is 0 Å². The molecule has 1 aliphatic heterocycles. The van der Waals surface area contributed by atoms with Gasteiger partial charge in [0.1, 0.15) is 5.75 Å². The monoisotopic (exact) mass is 317 g/mol. The number of amides is 1. The van der Waals surface area contributed by atoms with Crippen molar-refractivity contribution in [2.24, 2.45) is 0 Å². The van der Waals surface area contributed by atoms with Crippen LogP contribution in [-0.2, 0) is 4.74 Å². The minimum atomic E-state index is -0.0595. The van der Waals surface area contributed by atoms with Gasteiger partial charge in [-0.15, -0.1) is 11.3 Å². The van der Waals surface area contributed by atoms with E-state index in [4.69, 9.17) is 9.47 Å². The molecule has 2 atom stereocenters. The van der Waals surface area contributed by atoms with E-state index < -0.39 is 0 Å². The fraction of sp³-hybridized carbons (Fsp3) is 0.353. The number of rotatable bonds is 4. The number of methoxy groups -OCH3 is 1. The number of ether oxygens (including phenoxy) is 2. The van der Waals surface area contributed by atoms with E-state index >= 15 is 0 Å². The summed E-state index contributed by atoms with van der Waals surface area (Å²) in [5, 5.41) is 5.16. The van der Waals surface area contributed by atoms with Crippen LogP contribution in [0.1, 0.15) is 34.2 Å². The minimum absolute atomic E-state index is 0.0595. The largest absolute Gasteiger partial charge is 0.497 e. The molecule has 0 radical (unpaired) electrons. The molecule has 1 amide bonds. The highest BCUT2D eigenvalue weighted by atomic mass is 32.1. The summed E-state index contributed by atoms with van der Waals surface area (Å²) >= 11 is 1.70. The second kappa shape index (κ2) is 6.94. The van der Waals surface area contributed by atoms with Crippen LogP contribution < -0.4 is 10.1 Å². The zero-order chi connectivity index (χ0) is 15.4. The van der Waals surface area contributed by atoms with E-state index in [-0.39, 0.29) is 18.1 Å². The maximum atomic E-state index is 12.4. The first-order valence-corrected chi connectivity index (χ1v) is 8.24. The third-order valence-corrected chi connectivity index (χ3v) is 4.78. The average molecular weight is 317 g/mol. The van der Waals surface area contributed by atoms with Gasteiger partial charge >= 0.3 is 0 Å². The van der Waals surface area contributed by atoms with Gasteiger partial charge in [-0.05, 0) is 42.5 Å². The zero-order valence-electron chi connectivity index (χ0n) is 12.5. The van der Waals surface area contributed by atoms with Crippen LogP contribution in [0.5, 0.6) is 5.75 Å². The number of carbonyl (C=O) groups excluding carboxylic acids is 1. The van der Waals surface area contributed by atoms with Crippen molar-refractivity contribution < 1.29 is 14.3 Å². The van der Waals surface area contributed by atoms with Crippen molar-refractivity contribution in [2.45, 2.75) is 25.0 Å². The predicted molar refractivity (Wildman–Crippen MR) is 86.5 cm³/mol. The standard InChI is InChI=1S/C17H19NO3S/c1-20-14-5-2-4-12(10-14)17(19)18-13-7-8-21-15(11-13)16-6-3-9-22-16/h2-6,9-10,13,15H,7-8,11H2,1H3,(H,18,19)/t13-,15+/m1/s1. The lowest BCUT2D eigenvalue weighted by Crippen LogP contribution is -2.39. The molecule has 1 aliphatic rings. The van der Waals surface area contributed by atoms with Crippen LogP contribution in [0, 0.1) is 0 Å². The van der Waals surface area contributed by atoms with Crippen molar-refractivity contribution in [3.8, 4) is 5.75 Å². The summed E-state index contributed by atoms with van der Waals surface area (Å²) < 4.78 is 11.0. The molecule has 2 aromatic rings. The Morgan fingerprint density at radius 3 is 3.05 bits per heavy atom. The van der Waals surface area contributed by atoms with Gasteiger partial charge in [0.05, 0.1) is 13.2 Å². The van der Waals surface area contributed by atoms with E-state index in [0.717, 1.165) is 12.8 Å². The van der Waals surface area contributed by atoms with Gasteiger partial charge in [0, 0.05) is 23.1 Å². The van der Waals surface area contributed by atoms with E-state index in [2.05, 4.69) is 16.8 Å². The van der Waals surface area contributed by atoms with E-state index in [1.807, 2.05) is 18.2 Å². The lowest BCUT2D eigenvalue weighted by atomic mass is 10.0. The average Bonchev–Trinajstić information content (AvgIpc) is 3.10. The molecule has 1 N–H and O–H groups in total. The third-order valence-electron chi connectivity index (χ3n) is 3.81. The highest BCUT2D eigenvalue weighted by molar-refractivity contribution is 7.10. The topological polar surface area (TPSA) is 47.6 Å². The Morgan fingerprint density at radius 2 is 2.27 bits per heavy atom. The van der Waals surface area contributed by atoms with Crippen LogP contribution in [-0.4, -0.2) is 25.7 Å². The molecule has 0 bridgehead atoms. The van der Waals surface area contributed by atoms with Crippen molar-refractivity contribution >= 4 is 17.2 Å². The number of nitrogens with one attached hydrogen (secondary N) is 1. The van der Waals surface area contributed by atoms with Crippen molar-refractivity contribution in [2.75, 3.05) is 13.7 Å². The van der Waals surface area contributed by atoms with Crippen molar-refractivity contribution in [1.82, 2.24) is 5.32 Å². The third kappa shape index (κ3) is 3.48. The number of thiophene rings is 1. The van der Waals surface area contributed by atoms with Gasteiger partial charge in [0.25, 0.3) is 5.91 Å². The van der Waals surface area contributed by atoms with E-state index in [1.54, 1.807) is 30.6 Å². The highest BCUT2D eigenvalue weighted by Crippen LogP contribution is 2.31. The first-order chi connectivity index (χ1) is 10.8. The Labute approximate surface area is 134 Å². The van der Waals surface area contributed by atoms with Crippen LogP contribution in [0.15, 0.2) is 41.8 Å². The Morgan fingerprint density at radius 1 is 1.36 bits per heavy atom. The van der Waals surface area contributed by atoms with Gasteiger partial charge in [-0.3, -0.25) is 4.79 Å². The van der Waals surface area contributed by atoms with Crippen LogP contribution in [0.25, 0.3) is 0 Å². The molecule has 1 saturated heterocycles. The summed E-state index contributed by atoms with van der Waals surface area (Å²) in [7, 11) is 1.60. The SMILES string of the molecule is COc1cccc(C(=O)N[C@@H]2CCO[C@H](c3cccs3)C2)c1. The molecule has 0 spiro atoms. The summed E-state index contributed by atoms with van der Waals surface area (Å²) in [4.78, 5) is 13.6.